The molecule has 0 unspecified atom stereocenters. The zero-order valence-corrected chi connectivity index (χ0v) is 26.1. The van der Waals surface area contributed by atoms with E-state index >= 15 is 0 Å². The number of unbranched alkanes of at least 4 members (excludes halogenated alkanes) is 1. The van der Waals surface area contributed by atoms with Crippen molar-refractivity contribution < 1.29 is 33.9 Å². The summed E-state index contributed by atoms with van der Waals surface area (Å²) in [5, 5.41) is 22.4. The second-order valence-electron chi connectivity index (χ2n) is 10.5. The summed E-state index contributed by atoms with van der Waals surface area (Å²) in [5.41, 5.74) is 18.8. The van der Waals surface area contributed by atoms with Gasteiger partial charge in [-0.25, -0.2) is 5.84 Å². The van der Waals surface area contributed by atoms with Gasteiger partial charge in [0.15, 0.2) is 5.96 Å². The molecule has 1 aromatic carbocycles. The maximum Gasteiger partial charge on any atom is 0.253 e. The molecular formula is C28H47N11O7. The van der Waals surface area contributed by atoms with Crippen LogP contribution in [0.15, 0.2) is 29.3 Å². The quantitative estimate of drug-likeness (QED) is 0.0162. The maximum atomic E-state index is 13.7. The lowest BCUT2D eigenvalue weighted by atomic mass is 10.0. The molecule has 0 bridgehead atoms. The Morgan fingerprint density at radius 2 is 1.37 bits per heavy atom. The number of amides is 6. The fourth-order valence-electron chi connectivity index (χ4n) is 4.15. The lowest BCUT2D eigenvalue weighted by Gasteiger charge is -2.26. The number of aromatic hydroxyl groups is 1. The highest BCUT2D eigenvalue weighted by molar-refractivity contribution is 5.96. The Balaban J connectivity index is 3.23. The van der Waals surface area contributed by atoms with Gasteiger partial charge in [0.25, 0.3) is 5.91 Å². The van der Waals surface area contributed by atoms with E-state index in [1.165, 1.54) is 26.0 Å². The molecule has 18 heteroatoms. The normalized spacial score (nSPS) is 13.1. The van der Waals surface area contributed by atoms with E-state index in [4.69, 9.17) is 23.0 Å². The van der Waals surface area contributed by atoms with Crippen LogP contribution < -0.4 is 55.1 Å². The van der Waals surface area contributed by atoms with E-state index in [2.05, 4.69) is 31.6 Å². The van der Waals surface area contributed by atoms with Gasteiger partial charge in [0.2, 0.25) is 29.5 Å². The number of nitrogens with two attached hydrogens (primary N) is 4. The van der Waals surface area contributed by atoms with Crippen LogP contribution in [0.1, 0.15) is 51.5 Å². The number of aliphatic imine (C=N–C) groups is 1. The van der Waals surface area contributed by atoms with Gasteiger partial charge in [0, 0.05) is 19.9 Å². The fourth-order valence-corrected chi connectivity index (χ4v) is 4.15. The zero-order valence-electron chi connectivity index (χ0n) is 26.1. The minimum absolute atomic E-state index is 0.00117. The third-order valence-corrected chi connectivity index (χ3v) is 6.56. The molecule has 6 amide bonds. The molecule has 15 N–H and O–H groups in total. The molecule has 0 fully saturated rings. The van der Waals surface area contributed by atoms with Gasteiger partial charge in [-0.2, -0.15) is 0 Å². The average molecular weight is 650 g/mol. The van der Waals surface area contributed by atoms with E-state index in [-0.39, 0.29) is 43.9 Å². The van der Waals surface area contributed by atoms with Crippen LogP contribution in [-0.4, -0.2) is 90.3 Å². The van der Waals surface area contributed by atoms with Crippen molar-refractivity contribution in [1.82, 2.24) is 32.0 Å². The molecule has 4 atom stereocenters. The van der Waals surface area contributed by atoms with Crippen LogP contribution in [0.2, 0.25) is 0 Å². The second kappa shape index (κ2) is 20.9. The van der Waals surface area contributed by atoms with Gasteiger partial charge in [0.1, 0.15) is 29.9 Å². The van der Waals surface area contributed by atoms with Crippen molar-refractivity contribution in [3.63, 3.8) is 0 Å². The number of guanidine groups is 1. The highest BCUT2D eigenvalue weighted by Crippen LogP contribution is 2.13. The van der Waals surface area contributed by atoms with Crippen LogP contribution in [0.4, 0.5) is 0 Å². The summed E-state index contributed by atoms with van der Waals surface area (Å²) in [7, 11) is 0. The Bertz CT molecular complexity index is 1210. The monoisotopic (exact) mass is 649 g/mol. The van der Waals surface area contributed by atoms with E-state index in [0.717, 1.165) is 0 Å². The van der Waals surface area contributed by atoms with Crippen molar-refractivity contribution in [3.05, 3.63) is 29.8 Å². The number of rotatable bonds is 20. The molecule has 0 aliphatic carbocycles. The second-order valence-corrected chi connectivity index (χ2v) is 10.5. The molecule has 0 saturated heterocycles. The summed E-state index contributed by atoms with van der Waals surface area (Å²) in [6, 6.07) is 1.52. The molecule has 1 rings (SSSR count). The number of carbonyl (C=O) groups is 6. The van der Waals surface area contributed by atoms with Crippen LogP contribution in [0.25, 0.3) is 0 Å². The van der Waals surface area contributed by atoms with E-state index in [1.54, 1.807) is 12.1 Å². The Morgan fingerprint density at radius 3 is 1.96 bits per heavy atom. The standard InChI is InChI=1S/C28H47N11O7/c1-16(24(43)34-15-23(42)39-32)35-25(44)21(7-5-13-33-28(30)31)37-27(46)22(14-18-8-10-19(41)11-9-18)38-26(45)20(36-17(2)40)6-3-4-12-29/h8-11,16,20-22,41H,3-7,12-15,29,32H2,1-2H3,(H,34,43)(H,35,44)(H,36,40)(H,37,46)(H,38,45)(H,39,42)(H4,30,31,33)/t16-,20-,21-,22-/m0/s1. The SMILES string of the molecule is CC(=O)N[C@@H](CCCCN)C(=O)N[C@@H](Cc1ccc(O)cc1)C(=O)N[C@@H](CCCN=C(N)N)C(=O)N[C@@H](C)C(=O)NCC(=O)NN. The summed E-state index contributed by atoms with van der Waals surface area (Å²) >= 11 is 0. The first kappa shape index (κ1) is 39.1. The predicted molar refractivity (Wildman–Crippen MR) is 169 cm³/mol. The summed E-state index contributed by atoms with van der Waals surface area (Å²) in [6.07, 6.45) is 1.72. The summed E-state index contributed by atoms with van der Waals surface area (Å²) in [6.45, 7) is 2.77. The Kier molecular flexibility index (Phi) is 17.7. The molecule has 0 saturated carbocycles. The first-order valence-electron chi connectivity index (χ1n) is 14.8. The first-order valence-corrected chi connectivity index (χ1v) is 14.8. The highest BCUT2D eigenvalue weighted by atomic mass is 16.3. The maximum absolute atomic E-state index is 13.7. The number of hydrazine groups is 1. The fraction of sp³-hybridized carbons (Fsp3) is 0.536. The van der Waals surface area contributed by atoms with Crippen LogP contribution in [0, 0.1) is 0 Å². The van der Waals surface area contributed by atoms with Gasteiger partial charge in [-0.15, -0.1) is 0 Å². The van der Waals surface area contributed by atoms with Gasteiger partial charge in [-0.3, -0.25) is 39.2 Å². The van der Waals surface area contributed by atoms with E-state index in [1.807, 2.05) is 5.43 Å². The molecule has 0 aliphatic heterocycles. The molecule has 256 valence electrons. The highest BCUT2D eigenvalue weighted by Gasteiger charge is 2.30. The number of nitrogens with zero attached hydrogens (tertiary/aromatic N) is 1. The smallest absolute Gasteiger partial charge is 0.253 e. The lowest BCUT2D eigenvalue weighted by Crippen LogP contribution is -2.58. The first-order chi connectivity index (χ1) is 21.8. The van der Waals surface area contributed by atoms with Crippen LogP contribution in [0.5, 0.6) is 5.75 Å². The molecular weight excluding hydrogens is 602 g/mol. The number of hydrogen-bond acceptors (Lipinski definition) is 10. The van der Waals surface area contributed by atoms with Crippen molar-refractivity contribution in [2.75, 3.05) is 19.6 Å². The van der Waals surface area contributed by atoms with Crippen molar-refractivity contribution in [3.8, 4) is 5.75 Å². The largest absolute Gasteiger partial charge is 0.508 e. The topological polar surface area (TPSA) is 311 Å². The Labute approximate surface area is 267 Å². The summed E-state index contributed by atoms with van der Waals surface area (Å²) in [5.74, 6) is 0.996. The number of nitrogens with one attached hydrogen (secondary N) is 6. The van der Waals surface area contributed by atoms with Crippen molar-refractivity contribution >= 4 is 41.4 Å². The molecule has 0 aliphatic rings. The van der Waals surface area contributed by atoms with Crippen molar-refractivity contribution in [2.24, 2.45) is 28.0 Å². The predicted octanol–water partition coefficient (Wildman–Crippen LogP) is -3.80. The number of benzene rings is 1. The van der Waals surface area contributed by atoms with E-state index in [0.29, 0.717) is 24.9 Å². The van der Waals surface area contributed by atoms with E-state index < -0.39 is 66.2 Å². The van der Waals surface area contributed by atoms with Gasteiger partial charge < -0.3 is 48.9 Å². The molecule has 18 nitrogen and oxygen atoms in total. The minimum Gasteiger partial charge on any atom is -0.508 e. The van der Waals surface area contributed by atoms with Gasteiger partial charge in [-0.05, 0) is 63.3 Å². The molecule has 0 spiro atoms. The van der Waals surface area contributed by atoms with Crippen molar-refractivity contribution in [2.45, 2.75) is 76.5 Å². The summed E-state index contributed by atoms with van der Waals surface area (Å²) < 4.78 is 0. The molecule has 0 heterocycles. The number of hydrogen-bond donors (Lipinski definition) is 11. The third kappa shape index (κ3) is 15.7. The van der Waals surface area contributed by atoms with Crippen LogP contribution in [0.3, 0.4) is 0 Å². The minimum atomic E-state index is -1.22. The van der Waals surface area contributed by atoms with Crippen LogP contribution in [-0.2, 0) is 35.2 Å². The van der Waals surface area contributed by atoms with Gasteiger partial charge in [-0.1, -0.05) is 12.1 Å². The van der Waals surface area contributed by atoms with E-state index in [9.17, 15) is 33.9 Å². The Morgan fingerprint density at radius 1 is 0.804 bits per heavy atom. The molecule has 0 aromatic heterocycles. The molecule has 0 radical (unpaired) electrons. The average Bonchev–Trinajstić information content (AvgIpc) is 3.00. The van der Waals surface area contributed by atoms with Gasteiger partial charge in [0.05, 0.1) is 6.54 Å². The van der Waals surface area contributed by atoms with Gasteiger partial charge >= 0.3 is 0 Å². The third-order valence-electron chi connectivity index (χ3n) is 6.56. The molecule has 1 aromatic rings. The molecule has 46 heavy (non-hydrogen) atoms. The number of phenols is 1. The van der Waals surface area contributed by atoms with Crippen molar-refractivity contribution in [1.29, 1.82) is 0 Å². The zero-order chi connectivity index (χ0) is 34.6. The summed E-state index contributed by atoms with van der Waals surface area (Å²) in [4.78, 5) is 79.7. The Hall–Kier alpha value is -4.97. The van der Waals surface area contributed by atoms with Crippen LogP contribution >= 0.6 is 0 Å². The number of carbonyl (C=O) groups excluding carboxylic acids is 6. The number of phenolic OH excluding ortho intramolecular Hbond substituents is 1. The lowest BCUT2D eigenvalue weighted by molar-refractivity contribution is -0.134.